The molecule has 4 aromatic heterocycles. The summed E-state index contributed by atoms with van der Waals surface area (Å²) in [6, 6.07) is 87.4. The molecule has 504 valence electrons. The summed E-state index contributed by atoms with van der Waals surface area (Å²) >= 11 is 0. The maximum Gasteiger partial charge on any atom is 0.213 e. The highest BCUT2D eigenvalue weighted by Gasteiger charge is 2.23. The molecule has 4 nitrogen and oxygen atoms in total. The van der Waals surface area contributed by atoms with Gasteiger partial charge in [-0.2, -0.15) is 0 Å². The van der Waals surface area contributed by atoms with Crippen molar-refractivity contribution in [2.75, 3.05) is 0 Å². The van der Waals surface area contributed by atoms with Gasteiger partial charge in [0, 0.05) is 70.3 Å². The van der Waals surface area contributed by atoms with Crippen LogP contribution < -0.4 is 18.3 Å². The molecular formula is C96H104N4+4. The van der Waals surface area contributed by atoms with E-state index in [9.17, 15) is 0 Å². The van der Waals surface area contributed by atoms with Crippen molar-refractivity contribution in [3.63, 3.8) is 0 Å². The molecule has 0 aliphatic rings. The van der Waals surface area contributed by atoms with Crippen molar-refractivity contribution in [2.45, 2.75) is 116 Å². The second-order valence-corrected chi connectivity index (χ2v) is 29.0. The van der Waals surface area contributed by atoms with Gasteiger partial charge in [-0.3, -0.25) is 0 Å². The molecule has 0 saturated heterocycles. The zero-order chi connectivity index (χ0) is 71.5. The largest absolute Gasteiger partial charge is 0.213 e. The normalized spacial score (nSPS) is 11.1. The van der Waals surface area contributed by atoms with Crippen LogP contribution in [0.3, 0.4) is 0 Å². The van der Waals surface area contributed by atoms with E-state index in [4.69, 9.17) is 0 Å². The van der Waals surface area contributed by atoms with Crippen LogP contribution >= 0.6 is 0 Å². The number of hydrogen-bond acceptors (Lipinski definition) is 0. The third kappa shape index (κ3) is 16.8. The molecule has 0 radical (unpaired) electrons. The van der Waals surface area contributed by atoms with E-state index in [2.05, 4.69) is 418 Å². The summed E-state index contributed by atoms with van der Waals surface area (Å²) in [5.41, 5.74) is 39.6. The Bertz CT molecular complexity index is 5040. The zero-order valence-corrected chi connectivity index (χ0v) is 63.0. The van der Waals surface area contributed by atoms with Crippen LogP contribution in [0, 0.1) is 74.7 Å². The van der Waals surface area contributed by atoms with E-state index in [1.165, 1.54) is 167 Å². The molecule has 0 amide bonds. The molecule has 0 atom stereocenters. The maximum atomic E-state index is 2.37. The molecule has 100 heavy (non-hydrogen) atoms. The molecule has 13 aromatic rings. The van der Waals surface area contributed by atoms with Gasteiger partial charge in [0.25, 0.3) is 0 Å². The Morgan fingerprint density at radius 1 is 0.280 bits per heavy atom. The minimum atomic E-state index is 0.287. The quantitative estimate of drug-likeness (QED) is 0.115. The number of rotatable bonds is 11. The molecule has 4 heteroatoms. The topological polar surface area (TPSA) is 15.5 Å². The second kappa shape index (κ2) is 32.1. The summed E-state index contributed by atoms with van der Waals surface area (Å²) in [5, 5.41) is 0. The van der Waals surface area contributed by atoms with Crippen LogP contribution in [-0.2, 0) is 34.6 Å². The summed E-state index contributed by atoms with van der Waals surface area (Å²) in [7, 11) is 8.50. The van der Waals surface area contributed by atoms with Crippen LogP contribution in [0.5, 0.6) is 0 Å². The van der Waals surface area contributed by atoms with E-state index in [0.29, 0.717) is 5.92 Å². The van der Waals surface area contributed by atoms with Crippen molar-refractivity contribution in [2.24, 2.45) is 33.6 Å². The average Bonchev–Trinajstić information content (AvgIpc) is 0.795. The van der Waals surface area contributed by atoms with Gasteiger partial charge < -0.3 is 0 Å². The lowest BCUT2D eigenvalue weighted by atomic mass is 9.87. The van der Waals surface area contributed by atoms with Gasteiger partial charge in [-0.25, -0.2) is 18.3 Å². The Morgan fingerprint density at radius 3 is 0.980 bits per heavy atom. The number of benzene rings is 9. The molecule has 0 unspecified atom stereocenters. The molecule has 0 fully saturated rings. The Labute approximate surface area is 599 Å². The van der Waals surface area contributed by atoms with E-state index in [1.807, 2.05) is 0 Å². The predicted octanol–water partition coefficient (Wildman–Crippen LogP) is 22.8. The zero-order valence-electron chi connectivity index (χ0n) is 63.0. The highest BCUT2D eigenvalue weighted by Crippen LogP contribution is 2.38. The van der Waals surface area contributed by atoms with Gasteiger partial charge in [-0.1, -0.05) is 211 Å². The van der Waals surface area contributed by atoms with Crippen molar-refractivity contribution < 1.29 is 18.3 Å². The third-order valence-electron chi connectivity index (χ3n) is 19.8. The fourth-order valence-corrected chi connectivity index (χ4v) is 14.2. The number of aryl methyl sites for hydroxylation is 10. The lowest BCUT2D eigenvalue weighted by molar-refractivity contribution is -0.660. The van der Waals surface area contributed by atoms with Gasteiger partial charge in [0.05, 0.1) is 0 Å². The van der Waals surface area contributed by atoms with Gasteiger partial charge in [-0.05, 0) is 228 Å². The third-order valence-corrected chi connectivity index (χ3v) is 19.8. The molecular weight excluding hydrogens is 1210 g/mol. The van der Waals surface area contributed by atoms with Crippen molar-refractivity contribution in [1.29, 1.82) is 0 Å². The van der Waals surface area contributed by atoms with E-state index in [-0.39, 0.29) is 5.41 Å². The van der Waals surface area contributed by atoms with Crippen LogP contribution in [0.2, 0.25) is 0 Å². The van der Waals surface area contributed by atoms with Crippen molar-refractivity contribution in [3.8, 4) is 101 Å². The van der Waals surface area contributed by atoms with Gasteiger partial charge in [0.15, 0.2) is 24.8 Å². The molecule has 9 aromatic carbocycles. The Balaban J connectivity index is 0.000000144. The molecule has 4 heterocycles. The maximum absolute atomic E-state index is 2.37. The molecule has 13 rings (SSSR count). The van der Waals surface area contributed by atoms with Crippen molar-refractivity contribution in [3.05, 3.63) is 334 Å². The summed E-state index contributed by atoms with van der Waals surface area (Å²) in [6.45, 7) is 33.4. The molecule has 0 bridgehead atoms. The van der Waals surface area contributed by atoms with Gasteiger partial charge in [-0.15, -0.1) is 0 Å². The van der Waals surface area contributed by atoms with Crippen molar-refractivity contribution >= 4 is 0 Å². The van der Waals surface area contributed by atoms with Crippen LogP contribution in [0.15, 0.2) is 267 Å². The first-order valence-corrected chi connectivity index (χ1v) is 35.5. The first-order valence-electron chi connectivity index (χ1n) is 35.5. The lowest BCUT2D eigenvalue weighted by Crippen LogP contribution is -2.32. The van der Waals surface area contributed by atoms with E-state index in [0.717, 1.165) is 6.42 Å². The SMILES string of the molecule is Cc1cc[n+](C)c(-c2cccc(-c3ccccc3C)c2C)c1.Cc1ccccc1-c1cccc(-c2cc(-c3ccccc3)cc[n+]2C)c1C.Cc1ccccc1-c1cccc(-c2cc(C(C)C)c(C)c[n+]2C)c1C.Cc1ccccc1-c1cccc(-c2cc(CC(C)(C)C)cc[n+]2C)c1C. The Morgan fingerprint density at radius 2 is 0.600 bits per heavy atom. The van der Waals surface area contributed by atoms with Gasteiger partial charge >= 0.3 is 0 Å². The monoisotopic (exact) mass is 1310 g/mol. The van der Waals surface area contributed by atoms with Crippen LogP contribution in [0.4, 0.5) is 0 Å². The van der Waals surface area contributed by atoms with Crippen LogP contribution in [0.1, 0.15) is 107 Å². The summed E-state index contributed by atoms with van der Waals surface area (Å²) in [4.78, 5) is 0. The number of aromatic nitrogens is 4. The number of hydrogen-bond donors (Lipinski definition) is 0. The molecule has 0 spiro atoms. The average molecular weight is 1310 g/mol. The smallest absolute Gasteiger partial charge is 0.201 e. The molecule has 0 saturated carbocycles. The van der Waals surface area contributed by atoms with Crippen LogP contribution in [-0.4, -0.2) is 0 Å². The first kappa shape index (κ1) is 72.3. The van der Waals surface area contributed by atoms with E-state index >= 15 is 0 Å². The highest BCUT2D eigenvalue weighted by atomic mass is 14.9. The Hall–Kier alpha value is -10.4. The van der Waals surface area contributed by atoms with Crippen molar-refractivity contribution in [1.82, 2.24) is 0 Å². The molecule has 0 aliphatic heterocycles. The predicted molar refractivity (Wildman–Crippen MR) is 424 cm³/mol. The fraction of sp³-hybridized carbons (Fsp3) is 0.229. The van der Waals surface area contributed by atoms with Gasteiger partial charge in [0.2, 0.25) is 22.8 Å². The summed E-state index contributed by atoms with van der Waals surface area (Å²) in [5.74, 6) is 0.528. The summed E-state index contributed by atoms with van der Waals surface area (Å²) in [6.07, 6.45) is 9.81. The Kier molecular flexibility index (Phi) is 23.2. The molecule has 0 aliphatic carbocycles. The highest BCUT2D eigenvalue weighted by molar-refractivity contribution is 5.82. The lowest BCUT2D eigenvalue weighted by Gasteiger charge is -2.18. The second-order valence-electron chi connectivity index (χ2n) is 29.0. The van der Waals surface area contributed by atoms with E-state index in [1.54, 1.807) is 0 Å². The van der Waals surface area contributed by atoms with Gasteiger partial charge in [0.1, 0.15) is 28.2 Å². The fourth-order valence-electron chi connectivity index (χ4n) is 14.2. The molecule has 0 N–H and O–H groups in total. The van der Waals surface area contributed by atoms with Crippen LogP contribution in [0.25, 0.3) is 101 Å². The number of nitrogens with zero attached hydrogens (tertiary/aromatic N) is 4. The minimum absolute atomic E-state index is 0.287. The number of pyridine rings is 4. The first-order chi connectivity index (χ1) is 47.9. The van der Waals surface area contributed by atoms with E-state index < -0.39 is 0 Å². The standard InChI is InChI=1S/C26H24N.C25H30N.C24H28N.C21H22N/c1-19-10-7-8-13-23(19)24-14-9-15-25(20(24)2)26-18-22(16-17-27(26)3)21-11-5-4-6-12-21;1-18-10-7-8-11-21(18)22-12-9-13-23(19(22)2)24-16-20(14-15-26(24)6)17-25(3,4)5;1-16(2)23-14-24(25(6)15-18(23)4)22-13-9-12-21(19(22)5)20-11-8-7-10-17(20)3;1-15-12-13-22(4)21(14-15)20-11-7-10-19(17(20)3)18-9-6-5-8-16(18)2/h4-18H,1-3H3;7-16H,17H2,1-6H3;7-16H,1-6H3;5-14H,1-4H3/q4*+1. The minimum Gasteiger partial charge on any atom is -0.201 e. The summed E-state index contributed by atoms with van der Waals surface area (Å²) < 4.78 is 8.88.